The quantitative estimate of drug-likeness (QED) is 0.415. The van der Waals surface area contributed by atoms with E-state index in [2.05, 4.69) is 10.3 Å². The number of pyridine rings is 1. The molecular formula is C22H19F3N4O2S. The lowest BCUT2D eigenvalue weighted by atomic mass is 10.1. The van der Waals surface area contributed by atoms with Crippen LogP contribution in [0.2, 0.25) is 0 Å². The molecule has 0 radical (unpaired) electrons. The first-order chi connectivity index (χ1) is 15.2. The van der Waals surface area contributed by atoms with Crippen LogP contribution in [0.5, 0.6) is 5.88 Å². The van der Waals surface area contributed by atoms with Gasteiger partial charge in [-0.25, -0.2) is 9.36 Å². The summed E-state index contributed by atoms with van der Waals surface area (Å²) in [6.07, 6.45) is 1.66. The van der Waals surface area contributed by atoms with Crippen LogP contribution in [-0.2, 0) is 6.54 Å². The summed E-state index contributed by atoms with van der Waals surface area (Å²) in [7, 11) is 1.80. The number of halogens is 3. The third kappa shape index (κ3) is 4.05. The zero-order valence-corrected chi connectivity index (χ0v) is 18.0. The number of nitrogens with zero attached hydrogens (tertiary/aromatic N) is 3. The Balaban J connectivity index is 1.76. The monoisotopic (exact) mass is 460 g/mol. The largest absolute Gasteiger partial charge is 0.493 e. The van der Waals surface area contributed by atoms with Crippen LogP contribution in [0.3, 0.4) is 0 Å². The molecule has 2 heterocycles. The number of imidazole rings is 1. The van der Waals surface area contributed by atoms with Crippen LogP contribution in [0.15, 0.2) is 64.4 Å². The summed E-state index contributed by atoms with van der Waals surface area (Å²) in [5, 5.41) is 14.6. The molecule has 6 nitrogen and oxygen atoms in total. The van der Waals surface area contributed by atoms with E-state index in [4.69, 9.17) is 0 Å². The fraction of sp³-hybridized carbons (Fsp3) is 0.182. The Morgan fingerprint density at radius 3 is 2.50 bits per heavy atom. The average molecular weight is 460 g/mol. The fourth-order valence-corrected chi connectivity index (χ4v) is 4.18. The molecule has 4 rings (SSSR count). The average Bonchev–Trinajstić information content (AvgIpc) is 2.96. The van der Waals surface area contributed by atoms with Gasteiger partial charge in [0.1, 0.15) is 0 Å². The van der Waals surface area contributed by atoms with E-state index in [0.29, 0.717) is 5.69 Å². The van der Waals surface area contributed by atoms with E-state index in [1.807, 2.05) is 24.3 Å². The van der Waals surface area contributed by atoms with Gasteiger partial charge in [-0.05, 0) is 66.7 Å². The summed E-state index contributed by atoms with van der Waals surface area (Å²) in [5.41, 5.74) is -1.83. The highest BCUT2D eigenvalue weighted by Crippen LogP contribution is 2.37. The molecule has 0 aliphatic carbocycles. The molecule has 0 spiro atoms. The van der Waals surface area contributed by atoms with Crippen LogP contribution in [0.25, 0.3) is 16.6 Å². The van der Waals surface area contributed by atoms with E-state index >= 15 is 0 Å². The van der Waals surface area contributed by atoms with Gasteiger partial charge in [-0.15, -0.1) is 0 Å². The Kier molecular flexibility index (Phi) is 5.64. The molecule has 0 fully saturated rings. The third-order valence-corrected chi connectivity index (χ3v) is 5.88. The second-order valence-electron chi connectivity index (χ2n) is 7.07. The lowest BCUT2D eigenvalue weighted by Crippen LogP contribution is -2.24. The molecule has 0 saturated carbocycles. The number of benzene rings is 2. The smallest absolute Gasteiger partial charge is 0.446 e. The number of fused-ring (bicyclic) bond motifs is 1. The Hall–Kier alpha value is -3.40. The molecule has 2 aromatic carbocycles. The van der Waals surface area contributed by atoms with Gasteiger partial charge in [0.15, 0.2) is 0 Å². The highest BCUT2D eigenvalue weighted by molar-refractivity contribution is 8.00. The van der Waals surface area contributed by atoms with Gasteiger partial charge in [-0.1, -0.05) is 6.07 Å². The number of rotatable bonds is 5. The lowest BCUT2D eigenvalue weighted by molar-refractivity contribution is -0.0328. The van der Waals surface area contributed by atoms with E-state index < -0.39 is 11.2 Å². The topological polar surface area (TPSA) is 72.1 Å². The normalized spacial score (nSPS) is 11.8. The molecule has 0 bridgehead atoms. The van der Waals surface area contributed by atoms with E-state index in [1.165, 1.54) is 28.8 Å². The minimum atomic E-state index is -4.40. The number of thioether (sulfide) groups is 1. The second kappa shape index (κ2) is 8.27. The van der Waals surface area contributed by atoms with Crippen LogP contribution in [0.1, 0.15) is 11.3 Å². The second-order valence-corrected chi connectivity index (χ2v) is 8.21. The maximum absolute atomic E-state index is 13.2. The molecule has 0 amide bonds. The summed E-state index contributed by atoms with van der Waals surface area (Å²) >= 11 is -0.239. The van der Waals surface area contributed by atoms with Gasteiger partial charge in [0.2, 0.25) is 5.88 Å². The summed E-state index contributed by atoms with van der Waals surface area (Å²) < 4.78 is 40.2. The van der Waals surface area contributed by atoms with Crippen LogP contribution in [0.4, 0.5) is 18.9 Å². The molecule has 0 unspecified atom stereocenters. The van der Waals surface area contributed by atoms with Crippen molar-refractivity contribution in [2.24, 2.45) is 0 Å². The van der Waals surface area contributed by atoms with Crippen molar-refractivity contribution in [1.82, 2.24) is 14.1 Å². The van der Waals surface area contributed by atoms with Gasteiger partial charge >= 0.3 is 11.2 Å². The number of nitrogens with one attached hydrogen (secondary N) is 1. The molecular weight excluding hydrogens is 441 g/mol. The molecule has 4 aromatic rings. The predicted octanol–water partition coefficient (Wildman–Crippen LogP) is 4.90. The molecule has 0 aliphatic heterocycles. The van der Waals surface area contributed by atoms with Crippen molar-refractivity contribution in [3.63, 3.8) is 0 Å². The number of alkyl halides is 3. The summed E-state index contributed by atoms with van der Waals surface area (Å²) in [4.78, 5) is 17.5. The number of anilines is 1. The first-order valence-electron chi connectivity index (χ1n) is 9.61. The maximum atomic E-state index is 13.2. The molecule has 0 saturated heterocycles. The van der Waals surface area contributed by atoms with Crippen molar-refractivity contribution < 1.29 is 18.3 Å². The van der Waals surface area contributed by atoms with Gasteiger partial charge in [0.25, 0.3) is 0 Å². The van der Waals surface area contributed by atoms with E-state index in [-0.39, 0.29) is 34.8 Å². The molecule has 166 valence electrons. The highest BCUT2D eigenvalue weighted by Gasteiger charge is 2.29. The number of aromatic nitrogens is 3. The Morgan fingerprint density at radius 2 is 1.84 bits per heavy atom. The van der Waals surface area contributed by atoms with Crippen molar-refractivity contribution in [2.45, 2.75) is 23.9 Å². The first-order valence-corrected chi connectivity index (χ1v) is 10.4. The van der Waals surface area contributed by atoms with Crippen molar-refractivity contribution in [3.8, 4) is 11.6 Å². The van der Waals surface area contributed by atoms with Crippen molar-refractivity contribution in [2.75, 3.05) is 12.4 Å². The number of aromatic hydroxyl groups is 1. The molecule has 2 N–H and O–H groups in total. The molecule has 2 aromatic heterocycles. The van der Waals surface area contributed by atoms with Crippen molar-refractivity contribution >= 4 is 28.4 Å². The van der Waals surface area contributed by atoms with E-state index in [1.54, 1.807) is 20.2 Å². The van der Waals surface area contributed by atoms with Crippen LogP contribution >= 0.6 is 11.8 Å². The van der Waals surface area contributed by atoms with Gasteiger partial charge in [-0.3, -0.25) is 9.55 Å². The maximum Gasteiger partial charge on any atom is 0.446 e. The van der Waals surface area contributed by atoms with Crippen LogP contribution in [-0.4, -0.2) is 31.8 Å². The zero-order chi connectivity index (χ0) is 23.0. The molecule has 0 aliphatic rings. The highest BCUT2D eigenvalue weighted by atomic mass is 32.2. The van der Waals surface area contributed by atoms with Crippen LogP contribution in [0, 0.1) is 6.92 Å². The SMILES string of the molecule is CNc1cccc2nccc(Cn3c(C)c(O)n(-c4ccc(SC(F)(F)F)cc4)c3=O)c12. The van der Waals surface area contributed by atoms with Crippen molar-refractivity contribution in [1.29, 1.82) is 0 Å². The van der Waals surface area contributed by atoms with Crippen LogP contribution < -0.4 is 11.0 Å². The van der Waals surface area contributed by atoms with Gasteiger partial charge in [-0.2, -0.15) is 13.2 Å². The number of hydrogen-bond acceptors (Lipinski definition) is 5. The minimum absolute atomic E-state index is 0.00667. The summed E-state index contributed by atoms with van der Waals surface area (Å²) in [5.74, 6) is -0.265. The predicted molar refractivity (Wildman–Crippen MR) is 119 cm³/mol. The Bertz CT molecular complexity index is 1340. The van der Waals surface area contributed by atoms with Gasteiger partial charge < -0.3 is 10.4 Å². The summed E-state index contributed by atoms with van der Waals surface area (Å²) in [6.45, 7) is 1.80. The zero-order valence-electron chi connectivity index (χ0n) is 17.1. The standard InChI is InChI=1S/C22H19F3N4O2S/c1-13-20(30)29(15-6-8-16(9-7-15)32-22(23,24)25)21(31)28(13)12-14-10-11-27-18-5-3-4-17(26-2)19(14)18/h3-11,26,30H,12H2,1-2H3. The Labute approximate surface area is 185 Å². The lowest BCUT2D eigenvalue weighted by Gasteiger charge is -2.11. The molecule has 0 atom stereocenters. The summed E-state index contributed by atoms with van der Waals surface area (Å²) in [6, 6.07) is 12.8. The van der Waals surface area contributed by atoms with Crippen molar-refractivity contribution in [3.05, 3.63) is 76.5 Å². The fourth-order valence-electron chi connectivity index (χ4n) is 3.64. The third-order valence-electron chi connectivity index (χ3n) is 5.14. The number of hydrogen-bond donors (Lipinski definition) is 2. The molecule has 10 heteroatoms. The van der Waals surface area contributed by atoms with Gasteiger partial charge in [0.05, 0.1) is 23.4 Å². The van der Waals surface area contributed by atoms with E-state index in [9.17, 15) is 23.1 Å². The molecule has 32 heavy (non-hydrogen) atoms. The Morgan fingerprint density at radius 1 is 1.12 bits per heavy atom. The van der Waals surface area contributed by atoms with E-state index in [0.717, 1.165) is 26.7 Å². The first kappa shape index (κ1) is 21.8. The van der Waals surface area contributed by atoms with Gasteiger partial charge in [0, 0.05) is 29.2 Å². The minimum Gasteiger partial charge on any atom is -0.493 e.